The van der Waals surface area contributed by atoms with Gasteiger partial charge in [-0.3, -0.25) is 10.1 Å². The molecule has 1 aromatic carbocycles. The minimum atomic E-state index is -0.378. The molecule has 1 aromatic rings. The molecule has 1 saturated heterocycles. The zero-order valence-corrected chi connectivity index (χ0v) is 10.9. The zero-order valence-electron chi connectivity index (χ0n) is 9.28. The highest BCUT2D eigenvalue weighted by molar-refractivity contribution is 9.10. The van der Waals surface area contributed by atoms with Crippen molar-refractivity contribution in [2.75, 3.05) is 18.4 Å². The van der Waals surface area contributed by atoms with Gasteiger partial charge in [0.2, 0.25) is 0 Å². The van der Waals surface area contributed by atoms with E-state index in [1.54, 1.807) is 12.1 Å². The standard InChI is InChI=1S/C11H14BrN3O2/c12-10-4-3-9(15(16)17)6-11(10)14-8-2-1-5-13-7-8/h3-4,6,8,13-14H,1-2,5,7H2. The lowest BCUT2D eigenvalue weighted by Gasteiger charge is -2.25. The van der Waals surface area contributed by atoms with Crippen LogP contribution in [0.3, 0.4) is 0 Å². The molecule has 0 amide bonds. The van der Waals surface area contributed by atoms with E-state index in [9.17, 15) is 10.1 Å². The maximum absolute atomic E-state index is 10.7. The van der Waals surface area contributed by atoms with Crippen molar-refractivity contribution in [3.8, 4) is 0 Å². The molecule has 1 aliphatic rings. The molecule has 0 bridgehead atoms. The molecule has 2 rings (SSSR count). The van der Waals surface area contributed by atoms with Crippen molar-refractivity contribution in [1.29, 1.82) is 0 Å². The number of nitro benzene ring substituents is 1. The van der Waals surface area contributed by atoms with E-state index in [1.165, 1.54) is 6.07 Å². The van der Waals surface area contributed by atoms with Gasteiger partial charge in [0.25, 0.3) is 5.69 Å². The Bertz CT molecular complexity index is 419. The van der Waals surface area contributed by atoms with E-state index in [2.05, 4.69) is 26.6 Å². The number of non-ortho nitro benzene ring substituents is 1. The van der Waals surface area contributed by atoms with Gasteiger partial charge in [-0.15, -0.1) is 0 Å². The number of piperidine rings is 1. The lowest BCUT2D eigenvalue weighted by Crippen LogP contribution is -2.38. The first-order valence-corrected chi connectivity index (χ1v) is 6.37. The van der Waals surface area contributed by atoms with E-state index in [-0.39, 0.29) is 10.6 Å². The third kappa shape index (κ3) is 3.17. The van der Waals surface area contributed by atoms with Gasteiger partial charge in [0, 0.05) is 29.2 Å². The monoisotopic (exact) mass is 299 g/mol. The van der Waals surface area contributed by atoms with Crippen molar-refractivity contribution in [1.82, 2.24) is 5.32 Å². The van der Waals surface area contributed by atoms with Crippen molar-refractivity contribution in [2.45, 2.75) is 18.9 Å². The predicted molar refractivity (Wildman–Crippen MR) is 70.3 cm³/mol. The minimum Gasteiger partial charge on any atom is -0.380 e. The summed E-state index contributed by atoms with van der Waals surface area (Å²) in [6.07, 6.45) is 2.21. The Morgan fingerprint density at radius 3 is 3.00 bits per heavy atom. The number of nitrogens with one attached hydrogen (secondary N) is 2. The summed E-state index contributed by atoms with van der Waals surface area (Å²) in [6, 6.07) is 5.10. The quantitative estimate of drug-likeness (QED) is 0.665. The number of nitro groups is 1. The summed E-state index contributed by atoms with van der Waals surface area (Å²) in [7, 11) is 0. The van der Waals surface area contributed by atoms with Crippen molar-refractivity contribution in [3.05, 3.63) is 32.8 Å². The van der Waals surface area contributed by atoms with E-state index in [4.69, 9.17) is 0 Å². The summed E-state index contributed by atoms with van der Waals surface area (Å²) >= 11 is 3.40. The Hall–Kier alpha value is -1.14. The van der Waals surface area contributed by atoms with Crippen LogP contribution in [0.2, 0.25) is 0 Å². The van der Waals surface area contributed by atoms with Crippen LogP contribution in [0.25, 0.3) is 0 Å². The summed E-state index contributed by atoms with van der Waals surface area (Å²) in [4.78, 5) is 10.3. The molecule has 2 N–H and O–H groups in total. The number of rotatable bonds is 3. The molecule has 0 radical (unpaired) electrons. The first-order valence-electron chi connectivity index (χ1n) is 5.58. The Morgan fingerprint density at radius 1 is 1.53 bits per heavy atom. The molecule has 6 heteroatoms. The van der Waals surface area contributed by atoms with Gasteiger partial charge in [-0.1, -0.05) is 0 Å². The van der Waals surface area contributed by atoms with Gasteiger partial charge in [-0.25, -0.2) is 0 Å². The Morgan fingerprint density at radius 2 is 2.35 bits per heavy atom. The SMILES string of the molecule is O=[N+]([O-])c1ccc(Br)c(NC2CCCNC2)c1. The molecule has 1 unspecified atom stereocenters. The molecular formula is C11H14BrN3O2. The molecule has 92 valence electrons. The maximum Gasteiger partial charge on any atom is 0.271 e. The second-order valence-electron chi connectivity index (χ2n) is 4.11. The highest BCUT2D eigenvalue weighted by Gasteiger charge is 2.15. The Labute approximate surface area is 108 Å². The highest BCUT2D eigenvalue weighted by atomic mass is 79.9. The van der Waals surface area contributed by atoms with E-state index in [0.29, 0.717) is 6.04 Å². The third-order valence-corrected chi connectivity index (χ3v) is 3.51. The molecule has 5 nitrogen and oxygen atoms in total. The van der Waals surface area contributed by atoms with Gasteiger partial charge >= 0.3 is 0 Å². The minimum absolute atomic E-state index is 0.111. The average Bonchev–Trinajstić information content (AvgIpc) is 2.33. The van der Waals surface area contributed by atoms with Crippen LogP contribution in [-0.2, 0) is 0 Å². The first kappa shape index (κ1) is 12.3. The Balaban J connectivity index is 2.13. The second-order valence-corrected chi connectivity index (χ2v) is 4.96. The van der Waals surface area contributed by atoms with Crippen LogP contribution in [0.15, 0.2) is 22.7 Å². The molecule has 1 atom stereocenters. The molecule has 17 heavy (non-hydrogen) atoms. The number of hydrogen-bond acceptors (Lipinski definition) is 4. The van der Waals surface area contributed by atoms with Crippen LogP contribution in [0.5, 0.6) is 0 Å². The number of halogens is 1. The third-order valence-electron chi connectivity index (χ3n) is 2.82. The molecule has 0 aromatic heterocycles. The van der Waals surface area contributed by atoms with Gasteiger partial charge in [-0.2, -0.15) is 0 Å². The summed E-state index contributed by atoms with van der Waals surface area (Å²) in [5.41, 5.74) is 0.896. The van der Waals surface area contributed by atoms with Gasteiger partial charge in [0.05, 0.1) is 10.6 Å². The number of nitrogens with zero attached hydrogens (tertiary/aromatic N) is 1. The normalized spacial score (nSPS) is 19.9. The topological polar surface area (TPSA) is 67.2 Å². The summed E-state index contributed by atoms with van der Waals surface area (Å²) in [5.74, 6) is 0. The van der Waals surface area contributed by atoms with E-state index >= 15 is 0 Å². The number of hydrogen-bond donors (Lipinski definition) is 2. The zero-order chi connectivity index (χ0) is 12.3. The lowest BCUT2D eigenvalue weighted by atomic mass is 10.1. The molecule has 1 aliphatic heterocycles. The molecule has 0 saturated carbocycles. The van der Waals surface area contributed by atoms with E-state index in [0.717, 1.165) is 36.1 Å². The lowest BCUT2D eigenvalue weighted by molar-refractivity contribution is -0.384. The fraction of sp³-hybridized carbons (Fsp3) is 0.455. The van der Waals surface area contributed by atoms with E-state index in [1.807, 2.05) is 0 Å². The molecule has 0 spiro atoms. The van der Waals surface area contributed by atoms with Gasteiger partial charge in [-0.05, 0) is 41.4 Å². The summed E-state index contributed by atoms with van der Waals surface area (Å²) in [6.45, 7) is 1.95. The maximum atomic E-state index is 10.7. The fourth-order valence-corrected chi connectivity index (χ4v) is 2.29. The van der Waals surface area contributed by atoms with Gasteiger partial charge < -0.3 is 10.6 Å². The second kappa shape index (κ2) is 5.46. The molecule has 1 heterocycles. The van der Waals surface area contributed by atoms with Crippen LogP contribution < -0.4 is 10.6 Å². The van der Waals surface area contributed by atoms with Crippen LogP contribution in [0, 0.1) is 10.1 Å². The molecule has 0 aliphatic carbocycles. The summed E-state index contributed by atoms with van der Waals surface area (Å²) < 4.78 is 0.855. The van der Waals surface area contributed by atoms with E-state index < -0.39 is 0 Å². The van der Waals surface area contributed by atoms with Crippen molar-refractivity contribution >= 4 is 27.3 Å². The highest BCUT2D eigenvalue weighted by Crippen LogP contribution is 2.28. The largest absolute Gasteiger partial charge is 0.380 e. The van der Waals surface area contributed by atoms with Crippen LogP contribution in [-0.4, -0.2) is 24.1 Å². The van der Waals surface area contributed by atoms with Gasteiger partial charge in [0.15, 0.2) is 0 Å². The molecular weight excluding hydrogens is 286 g/mol. The smallest absolute Gasteiger partial charge is 0.271 e. The molecule has 1 fully saturated rings. The van der Waals surface area contributed by atoms with Crippen molar-refractivity contribution in [2.24, 2.45) is 0 Å². The number of benzene rings is 1. The average molecular weight is 300 g/mol. The van der Waals surface area contributed by atoms with Crippen LogP contribution in [0.4, 0.5) is 11.4 Å². The van der Waals surface area contributed by atoms with Crippen LogP contribution in [0.1, 0.15) is 12.8 Å². The van der Waals surface area contributed by atoms with Crippen molar-refractivity contribution < 1.29 is 4.92 Å². The fourth-order valence-electron chi connectivity index (χ4n) is 1.93. The Kier molecular flexibility index (Phi) is 3.96. The first-order chi connectivity index (χ1) is 8.16. The van der Waals surface area contributed by atoms with Gasteiger partial charge in [0.1, 0.15) is 0 Å². The van der Waals surface area contributed by atoms with Crippen LogP contribution >= 0.6 is 15.9 Å². The predicted octanol–water partition coefficient (Wildman–Crippen LogP) is 2.52. The summed E-state index contributed by atoms with van der Waals surface area (Å²) in [5, 5.41) is 17.3. The number of anilines is 1. The van der Waals surface area contributed by atoms with Crippen molar-refractivity contribution in [3.63, 3.8) is 0 Å².